The largest absolute Gasteiger partial charge is 0.207 e. The summed E-state index contributed by atoms with van der Waals surface area (Å²) in [6, 6.07) is 0. The molecule has 4 rings (SSSR count). The molecule has 4 aromatic rings. The van der Waals surface area contributed by atoms with E-state index in [-0.39, 0.29) is 0 Å². The summed E-state index contributed by atoms with van der Waals surface area (Å²) < 4.78 is 294. The Morgan fingerprint density at radius 2 is 0.380 bits per heavy atom. The van der Waals surface area contributed by atoms with E-state index in [0.29, 0.717) is 0 Å². The van der Waals surface area contributed by atoms with Crippen molar-refractivity contribution in [2.24, 2.45) is 0 Å². The second-order valence-corrected chi connectivity index (χ2v) is 12.1. The number of hydrogen-bond donors (Lipinski definition) is 0. The quantitative estimate of drug-likeness (QED) is 0.0832. The Kier molecular flexibility index (Phi) is 11.9. The first-order chi connectivity index (χ1) is 23.1. The molecule has 0 fully saturated rings. The summed E-state index contributed by atoms with van der Waals surface area (Å²) >= 11 is 0.815. The first-order valence-corrected chi connectivity index (χ1v) is 14.8. The van der Waals surface area contributed by atoms with Gasteiger partial charge in [-0.05, 0) is 0 Å². The monoisotopic (exact) mass is 764 g/mol. The maximum atomic E-state index is 15.4. The van der Waals surface area contributed by atoms with Crippen LogP contribution in [0.2, 0.25) is 10.6 Å². The first-order valence-electron chi connectivity index (χ1n) is 13.2. The molecule has 0 atom stereocenters. The number of rotatable bonds is 6. The molecule has 0 aromatic heterocycles. The molecule has 0 saturated heterocycles. The van der Waals surface area contributed by atoms with Gasteiger partial charge in [-0.3, -0.25) is 0 Å². The van der Waals surface area contributed by atoms with Crippen molar-refractivity contribution in [1.29, 1.82) is 0 Å². The number of benzene rings is 4. The van der Waals surface area contributed by atoms with Crippen LogP contribution in [-0.2, 0) is 0 Å². The zero-order valence-electron chi connectivity index (χ0n) is 24.1. The van der Waals surface area contributed by atoms with E-state index in [0.717, 1.165) is 15.2 Å². The minimum atomic E-state index is -7.22. The van der Waals surface area contributed by atoms with Crippen LogP contribution in [0.25, 0.3) is 0 Å². The topological polar surface area (TPSA) is 0 Å². The molecule has 50 heavy (non-hydrogen) atoms. The second-order valence-electron chi connectivity index (χ2n) is 9.91. The van der Waals surface area contributed by atoms with E-state index in [2.05, 4.69) is 13.8 Å². The molecular formula is C28H10AlBF20. The average Bonchev–Trinajstić information content (AvgIpc) is 3.08. The van der Waals surface area contributed by atoms with Gasteiger partial charge in [-0.25, -0.2) is 87.8 Å². The van der Waals surface area contributed by atoms with Gasteiger partial charge < -0.3 is 0 Å². The molecule has 0 saturated carbocycles. The molecule has 22 heteroatoms. The maximum absolute atomic E-state index is 15.4. The Bertz CT molecular complexity index is 1630. The molecule has 0 N–H and O–H groups in total. The summed E-state index contributed by atoms with van der Waals surface area (Å²) in [5.74, 6) is -71.4. The summed E-state index contributed by atoms with van der Waals surface area (Å²) in [6.45, 7) is 4.50. The van der Waals surface area contributed by atoms with E-state index in [1.807, 2.05) is 0 Å². The fraction of sp³-hybridized carbons (Fsp3) is 0.143. The van der Waals surface area contributed by atoms with E-state index < -0.39 is 144 Å². The van der Waals surface area contributed by atoms with Crippen molar-refractivity contribution in [1.82, 2.24) is 0 Å². The van der Waals surface area contributed by atoms with Gasteiger partial charge in [0.25, 0.3) is 0 Å². The predicted octanol–water partition coefficient (Wildman–Crippen LogP) is 7.41. The summed E-state index contributed by atoms with van der Waals surface area (Å²) in [5.41, 5.74) is -14.3. The molecule has 0 radical (unpaired) electrons. The van der Waals surface area contributed by atoms with Crippen LogP contribution < -0.4 is 21.9 Å². The second kappa shape index (κ2) is 14.7. The Morgan fingerprint density at radius 1 is 0.260 bits per heavy atom. The maximum Gasteiger partial charge on any atom is 0.200 e. The van der Waals surface area contributed by atoms with Crippen molar-refractivity contribution < 1.29 is 87.8 Å². The SMILES string of the molecule is C[CH2][Al+][CH2]C.Fc1c(F)c(F)c([B-](c2c(F)c(F)c(F)c(F)c2F)(c2c(F)c(F)c(F)c(F)c2F)c2c(F)c(F)c(F)c(F)c2F)c(F)c1F. The molecule has 0 aliphatic heterocycles. The fourth-order valence-electron chi connectivity index (χ4n) is 5.16. The van der Waals surface area contributed by atoms with Crippen LogP contribution in [0.3, 0.4) is 0 Å². The zero-order chi connectivity index (χ0) is 38.5. The van der Waals surface area contributed by atoms with Crippen molar-refractivity contribution in [3.05, 3.63) is 116 Å². The molecule has 0 bridgehead atoms. The van der Waals surface area contributed by atoms with Crippen molar-refractivity contribution in [3.8, 4) is 0 Å². The van der Waals surface area contributed by atoms with Gasteiger partial charge in [0.1, 0.15) is 52.7 Å². The third-order valence-electron chi connectivity index (χ3n) is 7.28. The van der Waals surface area contributed by atoms with Crippen molar-refractivity contribution in [3.63, 3.8) is 0 Å². The average molecular weight is 764 g/mol. The molecule has 0 unspecified atom stereocenters. The molecule has 4 aromatic carbocycles. The van der Waals surface area contributed by atoms with Crippen LogP contribution in [0.5, 0.6) is 0 Å². The van der Waals surface area contributed by atoms with Gasteiger partial charge in [-0.15, -0.1) is 21.9 Å². The predicted molar refractivity (Wildman–Crippen MR) is 136 cm³/mol. The van der Waals surface area contributed by atoms with Crippen LogP contribution >= 0.6 is 0 Å². The number of halogens is 20. The third-order valence-corrected chi connectivity index (χ3v) is 8.44. The van der Waals surface area contributed by atoms with Gasteiger partial charge in [-0.1, -0.05) is 0 Å². The molecular weight excluding hydrogens is 754 g/mol. The van der Waals surface area contributed by atoms with Gasteiger partial charge in [0.05, 0.1) is 0 Å². The van der Waals surface area contributed by atoms with Gasteiger partial charge in [0.15, 0.2) is 69.8 Å². The molecule has 0 spiro atoms. The van der Waals surface area contributed by atoms with Gasteiger partial charge in [-0.2, -0.15) is 0 Å². The third kappa shape index (κ3) is 5.87. The van der Waals surface area contributed by atoms with Crippen LogP contribution in [0.15, 0.2) is 0 Å². The van der Waals surface area contributed by atoms with Crippen LogP contribution in [0, 0.1) is 116 Å². The number of hydrogen-bond acceptors (Lipinski definition) is 0. The molecule has 0 amide bonds. The van der Waals surface area contributed by atoms with Gasteiger partial charge in [0.2, 0.25) is 0 Å². The van der Waals surface area contributed by atoms with Crippen molar-refractivity contribution >= 4 is 43.2 Å². The summed E-state index contributed by atoms with van der Waals surface area (Å²) in [5, 5.41) is 2.85. The summed E-state index contributed by atoms with van der Waals surface area (Å²) in [6.07, 6.45) is -7.22. The van der Waals surface area contributed by atoms with E-state index >= 15 is 35.1 Å². The minimum Gasteiger partial charge on any atom is -0.207 e. The molecule has 0 aliphatic rings. The van der Waals surface area contributed by atoms with E-state index in [9.17, 15) is 52.7 Å². The summed E-state index contributed by atoms with van der Waals surface area (Å²) in [4.78, 5) is 0. The normalized spacial score (nSPS) is 11.5. The standard InChI is InChI=1S/C24BF20.2C2H5.Al/c26-5-1(6(27)14(35)21(42)13(5)34)25(2-7(28)15(36)22(43)16(37)8(2)29,3-9(30)17(38)23(44)18(39)10(3)31)4-11(32)19(40)24(45)20(41)12(4)33;2*1-2;/h;2*1H2,2H3;/q-1;;;+1. The smallest absolute Gasteiger partial charge is 0.200 e. The molecule has 0 aliphatic carbocycles. The van der Waals surface area contributed by atoms with E-state index in [1.54, 1.807) is 0 Å². The Hall–Kier alpha value is -3.92. The first kappa shape index (κ1) is 40.5. The van der Waals surface area contributed by atoms with Gasteiger partial charge >= 0.3 is 39.6 Å². The zero-order valence-corrected chi connectivity index (χ0v) is 25.3. The fourth-order valence-corrected chi connectivity index (χ4v) is 5.74. The van der Waals surface area contributed by atoms with Gasteiger partial charge in [0, 0.05) is 0 Å². The Morgan fingerprint density at radius 3 is 0.480 bits per heavy atom. The molecule has 0 heterocycles. The van der Waals surface area contributed by atoms with Crippen molar-refractivity contribution in [2.75, 3.05) is 0 Å². The Labute approximate surface area is 271 Å². The van der Waals surface area contributed by atoms with Crippen LogP contribution in [-0.4, -0.2) is 21.4 Å². The molecule has 0 nitrogen and oxygen atoms in total. The van der Waals surface area contributed by atoms with Crippen LogP contribution in [0.4, 0.5) is 87.8 Å². The van der Waals surface area contributed by atoms with Crippen LogP contribution in [0.1, 0.15) is 13.8 Å². The van der Waals surface area contributed by atoms with E-state index in [4.69, 9.17) is 0 Å². The summed E-state index contributed by atoms with van der Waals surface area (Å²) in [7, 11) is 0. The van der Waals surface area contributed by atoms with E-state index in [1.165, 1.54) is 10.6 Å². The minimum absolute atomic E-state index is 0.815. The molecule has 268 valence electrons. The van der Waals surface area contributed by atoms with Crippen molar-refractivity contribution in [2.45, 2.75) is 24.4 Å². The Balaban J connectivity index is 0.00000126.